The fourth-order valence-corrected chi connectivity index (χ4v) is 1.40. The van der Waals surface area contributed by atoms with Crippen LogP contribution in [0, 0.1) is 0 Å². The SMILES string of the molecule is CSCCCNC(=O)CCCCN. The van der Waals surface area contributed by atoms with E-state index in [1.807, 2.05) is 0 Å². The fourth-order valence-electron chi connectivity index (χ4n) is 0.963. The molecule has 1 amide bonds. The Morgan fingerprint density at radius 2 is 2.15 bits per heavy atom. The maximum atomic E-state index is 11.1. The molecule has 0 unspecified atom stereocenters. The van der Waals surface area contributed by atoms with Gasteiger partial charge >= 0.3 is 0 Å². The Balaban J connectivity index is 3.11. The Kier molecular flexibility index (Phi) is 9.70. The molecule has 0 aliphatic rings. The third kappa shape index (κ3) is 9.70. The molecule has 78 valence electrons. The summed E-state index contributed by atoms with van der Waals surface area (Å²) in [7, 11) is 0. The third-order valence-corrected chi connectivity index (χ3v) is 2.40. The van der Waals surface area contributed by atoms with E-state index in [-0.39, 0.29) is 5.91 Å². The van der Waals surface area contributed by atoms with Crippen molar-refractivity contribution in [3.63, 3.8) is 0 Å². The quantitative estimate of drug-likeness (QED) is 0.580. The van der Waals surface area contributed by atoms with E-state index in [0.29, 0.717) is 13.0 Å². The Morgan fingerprint density at radius 1 is 1.38 bits per heavy atom. The Hall–Kier alpha value is -0.220. The van der Waals surface area contributed by atoms with Crippen LogP contribution in [-0.4, -0.2) is 31.0 Å². The number of unbranched alkanes of at least 4 members (excludes halogenated alkanes) is 1. The van der Waals surface area contributed by atoms with E-state index >= 15 is 0 Å². The zero-order valence-corrected chi connectivity index (χ0v) is 9.16. The highest BCUT2D eigenvalue weighted by Crippen LogP contribution is 1.95. The lowest BCUT2D eigenvalue weighted by atomic mass is 10.2. The van der Waals surface area contributed by atoms with Gasteiger partial charge in [0.15, 0.2) is 0 Å². The summed E-state index contributed by atoms with van der Waals surface area (Å²) in [5.41, 5.74) is 5.32. The lowest BCUT2D eigenvalue weighted by molar-refractivity contribution is -0.121. The van der Waals surface area contributed by atoms with Gasteiger partial charge in [0.1, 0.15) is 0 Å². The number of carbonyl (C=O) groups is 1. The van der Waals surface area contributed by atoms with Crippen LogP contribution in [0.15, 0.2) is 0 Å². The van der Waals surface area contributed by atoms with Gasteiger partial charge in [-0.1, -0.05) is 0 Å². The number of nitrogens with one attached hydrogen (secondary N) is 1. The zero-order chi connectivity index (χ0) is 9.94. The van der Waals surface area contributed by atoms with E-state index in [0.717, 1.165) is 31.6 Å². The van der Waals surface area contributed by atoms with E-state index in [9.17, 15) is 4.79 Å². The van der Waals surface area contributed by atoms with Crippen molar-refractivity contribution in [1.29, 1.82) is 0 Å². The van der Waals surface area contributed by atoms with Crippen LogP contribution >= 0.6 is 11.8 Å². The topological polar surface area (TPSA) is 55.1 Å². The van der Waals surface area contributed by atoms with E-state index in [2.05, 4.69) is 11.6 Å². The van der Waals surface area contributed by atoms with Crippen LogP contribution in [0.1, 0.15) is 25.7 Å². The highest BCUT2D eigenvalue weighted by molar-refractivity contribution is 7.98. The summed E-state index contributed by atoms with van der Waals surface area (Å²) < 4.78 is 0. The van der Waals surface area contributed by atoms with E-state index < -0.39 is 0 Å². The second kappa shape index (κ2) is 9.86. The number of carbonyl (C=O) groups excluding carboxylic acids is 1. The maximum absolute atomic E-state index is 11.1. The predicted octanol–water partition coefficient (Wildman–Crippen LogP) is 0.985. The van der Waals surface area contributed by atoms with E-state index in [1.54, 1.807) is 11.8 Å². The predicted molar refractivity (Wildman–Crippen MR) is 58.9 cm³/mol. The Labute approximate surface area is 84.8 Å². The highest BCUT2D eigenvalue weighted by Gasteiger charge is 1.98. The molecule has 0 saturated heterocycles. The Bertz CT molecular complexity index is 131. The maximum Gasteiger partial charge on any atom is 0.219 e. The fraction of sp³-hybridized carbons (Fsp3) is 0.889. The molecular formula is C9H20N2OS. The second-order valence-electron chi connectivity index (χ2n) is 2.94. The number of hydrogen-bond acceptors (Lipinski definition) is 3. The van der Waals surface area contributed by atoms with Gasteiger partial charge in [-0.2, -0.15) is 11.8 Å². The van der Waals surface area contributed by atoms with Crippen molar-refractivity contribution in [2.75, 3.05) is 25.1 Å². The van der Waals surface area contributed by atoms with Crippen molar-refractivity contribution in [2.45, 2.75) is 25.7 Å². The van der Waals surface area contributed by atoms with Gasteiger partial charge in [-0.25, -0.2) is 0 Å². The van der Waals surface area contributed by atoms with Crippen LogP contribution in [0.3, 0.4) is 0 Å². The van der Waals surface area contributed by atoms with E-state index in [1.165, 1.54) is 0 Å². The minimum Gasteiger partial charge on any atom is -0.356 e. The molecular weight excluding hydrogens is 184 g/mol. The largest absolute Gasteiger partial charge is 0.356 e. The molecule has 0 aliphatic carbocycles. The monoisotopic (exact) mass is 204 g/mol. The van der Waals surface area contributed by atoms with Gasteiger partial charge in [0.25, 0.3) is 0 Å². The van der Waals surface area contributed by atoms with Crippen molar-refractivity contribution < 1.29 is 4.79 Å². The van der Waals surface area contributed by atoms with Crippen LogP contribution in [0.5, 0.6) is 0 Å². The molecule has 4 heteroatoms. The van der Waals surface area contributed by atoms with Crippen molar-refractivity contribution in [1.82, 2.24) is 5.32 Å². The molecule has 0 aromatic heterocycles. The van der Waals surface area contributed by atoms with Crippen LogP contribution in [0.4, 0.5) is 0 Å². The minimum atomic E-state index is 0.162. The molecule has 13 heavy (non-hydrogen) atoms. The summed E-state index contributed by atoms with van der Waals surface area (Å²) in [6, 6.07) is 0. The van der Waals surface area contributed by atoms with Crippen molar-refractivity contribution in [2.24, 2.45) is 5.73 Å². The Morgan fingerprint density at radius 3 is 2.77 bits per heavy atom. The van der Waals surface area contributed by atoms with Gasteiger partial charge in [0, 0.05) is 13.0 Å². The van der Waals surface area contributed by atoms with Crippen LogP contribution in [0.25, 0.3) is 0 Å². The molecule has 0 atom stereocenters. The highest BCUT2D eigenvalue weighted by atomic mass is 32.2. The summed E-state index contributed by atoms with van der Waals surface area (Å²) in [6.45, 7) is 1.49. The molecule has 0 rings (SSSR count). The van der Waals surface area contributed by atoms with Crippen molar-refractivity contribution in [3.8, 4) is 0 Å². The van der Waals surface area contributed by atoms with Gasteiger partial charge in [-0.05, 0) is 37.8 Å². The van der Waals surface area contributed by atoms with Crippen molar-refractivity contribution >= 4 is 17.7 Å². The molecule has 0 aromatic carbocycles. The standard InChI is InChI=1S/C9H20N2OS/c1-13-8-4-7-11-9(12)5-2-3-6-10/h2-8,10H2,1H3,(H,11,12). The molecule has 0 spiro atoms. The second-order valence-corrected chi connectivity index (χ2v) is 3.93. The molecule has 0 aromatic rings. The zero-order valence-electron chi connectivity index (χ0n) is 8.34. The van der Waals surface area contributed by atoms with Crippen molar-refractivity contribution in [3.05, 3.63) is 0 Å². The molecule has 3 nitrogen and oxygen atoms in total. The molecule has 0 radical (unpaired) electrons. The first-order chi connectivity index (χ1) is 6.31. The summed E-state index contributed by atoms with van der Waals surface area (Å²) in [5.74, 6) is 1.28. The van der Waals surface area contributed by atoms with Gasteiger partial charge in [0.2, 0.25) is 5.91 Å². The van der Waals surface area contributed by atoms with Crippen LogP contribution in [0.2, 0.25) is 0 Å². The molecule has 3 N–H and O–H groups in total. The summed E-state index contributed by atoms with van der Waals surface area (Å²) in [6.07, 6.45) is 5.60. The lowest BCUT2D eigenvalue weighted by Crippen LogP contribution is -2.24. The third-order valence-electron chi connectivity index (χ3n) is 1.71. The molecule has 0 fully saturated rings. The number of amides is 1. The van der Waals surface area contributed by atoms with Gasteiger partial charge < -0.3 is 11.1 Å². The molecule has 0 aliphatic heterocycles. The summed E-state index contributed by atoms with van der Waals surface area (Å²) in [4.78, 5) is 11.1. The number of hydrogen-bond donors (Lipinski definition) is 2. The first kappa shape index (κ1) is 12.8. The summed E-state index contributed by atoms with van der Waals surface area (Å²) >= 11 is 1.81. The van der Waals surface area contributed by atoms with Gasteiger partial charge in [-0.3, -0.25) is 4.79 Å². The normalized spacial score (nSPS) is 10.0. The number of thioether (sulfide) groups is 1. The first-order valence-corrected chi connectivity index (χ1v) is 6.16. The minimum absolute atomic E-state index is 0.162. The van der Waals surface area contributed by atoms with Crippen LogP contribution < -0.4 is 11.1 Å². The molecule has 0 bridgehead atoms. The number of rotatable bonds is 8. The van der Waals surface area contributed by atoms with Gasteiger partial charge in [0.05, 0.1) is 0 Å². The molecule has 0 heterocycles. The average molecular weight is 204 g/mol. The van der Waals surface area contributed by atoms with E-state index in [4.69, 9.17) is 5.73 Å². The lowest BCUT2D eigenvalue weighted by Gasteiger charge is -2.03. The summed E-state index contributed by atoms with van der Waals surface area (Å²) in [5, 5.41) is 2.88. The smallest absolute Gasteiger partial charge is 0.219 e. The first-order valence-electron chi connectivity index (χ1n) is 4.77. The number of nitrogens with two attached hydrogens (primary N) is 1. The van der Waals surface area contributed by atoms with Gasteiger partial charge in [-0.15, -0.1) is 0 Å². The average Bonchev–Trinajstić information content (AvgIpc) is 2.13. The molecule has 0 saturated carbocycles. The van der Waals surface area contributed by atoms with Crippen LogP contribution in [-0.2, 0) is 4.79 Å².